The van der Waals surface area contributed by atoms with Crippen molar-refractivity contribution in [1.82, 2.24) is 9.88 Å². The van der Waals surface area contributed by atoms with Crippen molar-refractivity contribution < 1.29 is 18.0 Å². The average molecular weight is 429 g/mol. The Labute approximate surface area is 175 Å². The fraction of sp³-hybridized carbons (Fsp3) is 0.381. The maximum Gasteiger partial charge on any atom is 0.284 e. The second-order valence-corrected chi connectivity index (χ2v) is 9.35. The van der Waals surface area contributed by atoms with Crippen LogP contribution in [-0.4, -0.2) is 49.4 Å². The fourth-order valence-electron chi connectivity index (χ4n) is 4.03. The van der Waals surface area contributed by atoms with Gasteiger partial charge in [-0.3, -0.25) is 9.59 Å². The number of likely N-dealkylation sites (tertiary alicyclic amines) is 1. The molecule has 0 saturated carbocycles. The van der Waals surface area contributed by atoms with Crippen LogP contribution in [0, 0.1) is 6.92 Å². The van der Waals surface area contributed by atoms with Gasteiger partial charge in [-0.15, -0.1) is 4.40 Å². The predicted molar refractivity (Wildman–Crippen MR) is 114 cm³/mol. The molecule has 9 heteroatoms. The zero-order valence-electron chi connectivity index (χ0n) is 17.0. The van der Waals surface area contributed by atoms with Crippen molar-refractivity contribution >= 4 is 33.2 Å². The lowest BCUT2D eigenvalue weighted by Gasteiger charge is -2.11. The van der Waals surface area contributed by atoms with E-state index in [1.807, 2.05) is 11.9 Å². The SMILES string of the molecule is Cc1c(C(=O)Nc2cccc(S(=O)(=O)/N=C3\CCCN3C)c2)[nH]c2c1C(=O)CCC2. The molecule has 2 heterocycles. The Morgan fingerprint density at radius 1 is 1.20 bits per heavy atom. The number of aromatic nitrogens is 1. The quantitative estimate of drug-likeness (QED) is 0.778. The molecular weight excluding hydrogens is 404 g/mol. The highest BCUT2D eigenvalue weighted by atomic mass is 32.2. The topological polar surface area (TPSA) is 112 Å². The Morgan fingerprint density at radius 3 is 2.70 bits per heavy atom. The Morgan fingerprint density at radius 2 is 2.00 bits per heavy atom. The van der Waals surface area contributed by atoms with E-state index in [-0.39, 0.29) is 10.7 Å². The molecule has 0 spiro atoms. The minimum Gasteiger partial charge on any atom is -0.362 e. The van der Waals surface area contributed by atoms with Gasteiger partial charge in [-0.05, 0) is 49.9 Å². The normalized spacial score (nSPS) is 18.0. The third kappa shape index (κ3) is 3.77. The van der Waals surface area contributed by atoms with Crippen LogP contribution < -0.4 is 5.32 Å². The third-order valence-electron chi connectivity index (χ3n) is 5.61. The average Bonchev–Trinajstić information content (AvgIpc) is 3.25. The number of carbonyl (C=O) groups is 2. The second kappa shape index (κ2) is 7.71. The molecule has 1 amide bonds. The van der Waals surface area contributed by atoms with Gasteiger partial charge in [0.25, 0.3) is 15.9 Å². The van der Waals surface area contributed by atoms with Gasteiger partial charge < -0.3 is 15.2 Å². The number of aryl methyl sites for hydroxylation is 1. The van der Waals surface area contributed by atoms with Gasteiger partial charge in [-0.1, -0.05) is 6.07 Å². The van der Waals surface area contributed by atoms with Crippen LogP contribution in [-0.2, 0) is 16.4 Å². The number of amides is 1. The summed E-state index contributed by atoms with van der Waals surface area (Å²) >= 11 is 0. The number of sulfonamides is 1. The molecule has 1 aliphatic heterocycles. The smallest absolute Gasteiger partial charge is 0.284 e. The first kappa shape index (κ1) is 20.3. The molecule has 2 N–H and O–H groups in total. The first-order chi connectivity index (χ1) is 14.3. The van der Waals surface area contributed by atoms with Crippen molar-refractivity contribution in [1.29, 1.82) is 0 Å². The van der Waals surface area contributed by atoms with Gasteiger partial charge >= 0.3 is 0 Å². The van der Waals surface area contributed by atoms with Gasteiger partial charge in [0, 0.05) is 43.4 Å². The van der Waals surface area contributed by atoms with Gasteiger partial charge in [0.05, 0.1) is 4.90 Å². The highest BCUT2D eigenvalue weighted by Crippen LogP contribution is 2.27. The first-order valence-electron chi connectivity index (χ1n) is 9.97. The molecule has 1 aliphatic carbocycles. The van der Waals surface area contributed by atoms with E-state index in [0.29, 0.717) is 41.2 Å². The standard InChI is InChI=1S/C21H24N4O4S/c1-13-19-16(8-4-9-17(19)26)23-20(13)21(27)22-14-6-3-7-15(12-14)30(28,29)24-18-10-5-11-25(18)2/h3,6-7,12,23H,4-5,8-11H2,1-2H3,(H,22,27)/b24-18+. The molecule has 0 atom stereocenters. The van der Waals surface area contributed by atoms with Gasteiger partial charge in [0.1, 0.15) is 11.5 Å². The van der Waals surface area contributed by atoms with E-state index in [1.54, 1.807) is 19.1 Å². The van der Waals surface area contributed by atoms with Crippen molar-refractivity contribution in [2.45, 2.75) is 43.9 Å². The van der Waals surface area contributed by atoms with Crippen LogP contribution in [0.5, 0.6) is 0 Å². The number of benzene rings is 1. The lowest BCUT2D eigenvalue weighted by molar-refractivity contribution is 0.0971. The highest BCUT2D eigenvalue weighted by Gasteiger charge is 2.26. The molecule has 0 radical (unpaired) electrons. The van der Waals surface area contributed by atoms with E-state index in [4.69, 9.17) is 0 Å². The predicted octanol–water partition coefficient (Wildman–Crippen LogP) is 2.91. The summed E-state index contributed by atoms with van der Waals surface area (Å²) in [5, 5.41) is 2.73. The van der Waals surface area contributed by atoms with Gasteiger partial charge in [-0.25, -0.2) is 0 Å². The van der Waals surface area contributed by atoms with E-state index < -0.39 is 15.9 Å². The van der Waals surface area contributed by atoms with Crippen LogP contribution in [0.1, 0.15) is 57.8 Å². The Kier molecular flexibility index (Phi) is 5.23. The number of H-pyrrole nitrogens is 1. The monoisotopic (exact) mass is 428 g/mol. The third-order valence-corrected chi connectivity index (χ3v) is 6.91. The van der Waals surface area contributed by atoms with Crippen LogP contribution in [0.4, 0.5) is 5.69 Å². The lowest BCUT2D eigenvalue weighted by atomic mass is 9.94. The largest absolute Gasteiger partial charge is 0.362 e. The molecule has 1 aromatic carbocycles. The van der Waals surface area contributed by atoms with Crippen molar-refractivity contribution in [3.8, 4) is 0 Å². The zero-order valence-corrected chi connectivity index (χ0v) is 17.8. The minimum absolute atomic E-state index is 0.0192. The molecule has 30 heavy (non-hydrogen) atoms. The Balaban J connectivity index is 1.58. The molecule has 0 bridgehead atoms. The molecule has 2 aliphatic rings. The van der Waals surface area contributed by atoms with E-state index in [1.165, 1.54) is 12.1 Å². The summed E-state index contributed by atoms with van der Waals surface area (Å²) in [5.41, 5.74) is 2.71. The number of hydrogen-bond donors (Lipinski definition) is 2. The summed E-state index contributed by atoms with van der Waals surface area (Å²) in [5.74, 6) is 0.181. The number of nitrogens with one attached hydrogen (secondary N) is 2. The molecule has 158 valence electrons. The van der Waals surface area contributed by atoms with Crippen LogP contribution in [0.25, 0.3) is 0 Å². The van der Waals surface area contributed by atoms with E-state index in [0.717, 1.165) is 31.5 Å². The van der Waals surface area contributed by atoms with Crippen molar-refractivity contribution in [3.63, 3.8) is 0 Å². The summed E-state index contributed by atoms with van der Waals surface area (Å²) in [6.07, 6.45) is 3.50. The molecule has 8 nitrogen and oxygen atoms in total. The fourth-order valence-corrected chi connectivity index (χ4v) is 5.17. The van der Waals surface area contributed by atoms with Gasteiger partial charge in [0.15, 0.2) is 5.78 Å². The number of ketones is 1. The van der Waals surface area contributed by atoms with Gasteiger partial charge in [-0.2, -0.15) is 8.42 Å². The number of Topliss-reactive ketones (excluding diaryl/α,β-unsaturated/α-hetero) is 1. The van der Waals surface area contributed by atoms with Crippen LogP contribution in [0.15, 0.2) is 33.6 Å². The second-order valence-electron chi connectivity index (χ2n) is 7.74. The Bertz CT molecular complexity index is 1160. The van der Waals surface area contributed by atoms with Crippen molar-refractivity contribution in [2.75, 3.05) is 18.9 Å². The molecule has 4 rings (SSSR count). The van der Waals surface area contributed by atoms with Crippen molar-refractivity contribution in [2.24, 2.45) is 4.40 Å². The zero-order chi connectivity index (χ0) is 21.5. The maximum absolute atomic E-state index is 12.8. The minimum atomic E-state index is -3.87. The number of amidine groups is 1. The molecule has 2 aromatic rings. The number of carbonyl (C=O) groups excluding carboxylic acids is 2. The number of rotatable bonds is 4. The number of nitrogens with zero attached hydrogens (tertiary/aromatic N) is 2. The first-order valence-corrected chi connectivity index (χ1v) is 11.4. The summed E-state index contributed by atoms with van der Waals surface area (Å²) in [6, 6.07) is 6.04. The molecule has 0 unspecified atom stereocenters. The van der Waals surface area contributed by atoms with E-state index >= 15 is 0 Å². The summed E-state index contributed by atoms with van der Waals surface area (Å²) in [7, 11) is -2.05. The number of hydrogen-bond acceptors (Lipinski definition) is 4. The molecule has 1 saturated heterocycles. The van der Waals surface area contributed by atoms with Crippen LogP contribution >= 0.6 is 0 Å². The molecular formula is C21H24N4O4S. The molecule has 1 aromatic heterocycles. The summed E-state index contributed by atoms with van der Waals surface area (Å²) in [4.78, 5) is 29.9. The number of fused-ring (bicyclic) bond motifs is 1. The lowest BCUT2D eigenvalue weighted by Crippen LogP contribution is -2.20. The van der Waals surface area contributed by atoms with Crippen LogP contribution in [0.2, 0.25) is 0 Å². The summed E-state index contributed by atoms with van der Waals surface area (Å²) in [6.45, 7) is 2.54. The summed E-state index contributed by atoms with van der Waals surface area (Å²) < 4.78 is 29.4. The molecule has 1 fully saturated rings. The van der Waals surface area contributed by atoms with Crippen molar-refractivity contribution in [3.05, 3.63) is 46.8 Å². The van der Waals surface area contributed by atoms with E-state index in [9.17, 15) is 18.0 Å². The maximum atomic E-state index is 12.8. The van der Waals surface area contributed by atoms with E-state index in [2.05, 4.69) is 14.7 Å². The van der Waals surface area contributed by atoms with Crippen LogP contribution in [0.3, 0.4) is 0 Å². The Hall–Kier alpha value is -2.94. The van der Waals surface area contributed by atoms with Gasteiger partial charge in [0.2, 0.25) is 0 Å². The number of anilines is 1. The highest BCUT2D eigenvalue weighted by molar-refractivity contribution is 7.90. The number of aromatic amines is 1.